The van der Waals surface area contributed by atoms with Gasteiger partial charge < -0.3 is 33.8 Å². The number of phosphoric ester groups is 2. The summed E-state index contributed by atoms with van der Waals surface area (Å²) in [5.74, 6) is -2.27. The summed E-state index contributed by atoms with van der Waals surface area (Å²) in [7, 11) is -9.99. The van der Waals surface area contributed by atoms with Crippen LogP contribution in [0.3, 0.4) is 0 Å². The molecule has 0 radical (unpaired) electrons. The van der Waals surface area contributed by atoms with Crippen molar-refractivity contribution in [2.45, 2.75) is 316 Å². The van der Waals surface area contributed by atoms with Crippen molar-refractivity contribution in [3.05, 3.63) is 146 Å². The summed E-state index contributed by atoms with van der Waals surface area (Å²) in [4.78, 5) is 72.9. The highest BCUT2D eigenvalue weighted by molar-refractivity contribution is 7.47. The molecule has 0 spiro atoms. The van der Waals surface area contributed by atoms with Gasteiger partial charge in [0.25, 0.3) is 0 Å². The molecule has 5 atom stereocenters. The zero-order chi connectivity index (χ0) is 74.6. The van der Waals surface area contributed by atoms with Gasteiger partial charge in [-0.25, -0.2) is 9.13 Å². The summed E-state index contributed by atoms with van der Waals surface area (Å²) >= 11 is 0. The van der Waals surface area contributed by atoms with E-state index in [0.29, 0.717) is 32.1 Å². The Morgan fingerprint density at radius 1 is 0.284 bits per heavy atom. The Labute approximate surface area is 617 Å². The lowest BCUT2D eigenvalue weighted by atomic mass is 10.1. The van der Waals surface area contributed by atoms with Crippen LogP contribution in [0.4, 0.5) is 0 Å². The van der Waals surface area contributed by atoms with Crippen LogP contribution in [-0.4, -0.2) is 96.7 Å². The van der Waals surface area contributed by atoms with Crippen molar-refractivity contribution >= 4 is 39.5 Å². The van der Waals surface area contributed by atoms with Crippen molar-refractivity contribution in [1.29, 1.82) is 0 Å². The van der Waals surface area contributed by atoms with Gasteiger partial charge in [-0.1, -0.05) is 257 Å². The van der Waals surface area contributed by atoms with Gasteiger partial charge in [-0.15, -0.1) is 0 Å². The molecule has 582 valence electrons. The highest BCUT2D eigenvalue weighted by Gasteiger charge is 2.30. The van der Waals surface area contributed by atoms with Crippen LogP contribution in [0.15, 0.2) is 146 Å². The minimum Gasteiger partial charge on any atom is -0.462 e. The number of carbonyl (C=O) groups is 4. The van der Waals surface area contributed by atoms with Gasteiger partial charge in [-0.05, 0) is 161 Å². The maximum atomic E-state index is 13.1. The fraction of sp³-hybridized carbons (Fsp3) is 0.663. The molecule has 5 unspecified atom stereocenters. The topological polar surface area (TPSA) is 237 Å². The maximum Gasteiger partial charge on any atom is 0.472 e. The van der Waals surface area contributed by atoms with Crippen LogP contribution < -0.4 is 0 Å². The normalized spacial score (nSPS) is 14.7. The van der Waals surface area contributed by atoms with E-state index in [0.717, 1.165) is 186 Å². The monoisotopic (exact) mass is 1470 g/mol. The molecule has 0 saturated heterocycles. The van der Waals surface area contributed by atoms with Crippen molar-refractivity contribution in [2.24, 2.45) is 0 Å². The second kappa shape index (κ2) is 74.2. The number of aliphatic hydroxyl groups excluding tert-OH is 1. The van der Waals surface area contributed by atoms with E-state index in [9.17, 15) is 43.2 Å². The molecule has 0 heterocycles. The van der Waals surface area contributed by atoms with Crippen molar-refractivity contribution in [3.63, 3.8) is 0 Å². The molecule has 0 bridgehead atoms. The van der Waals surface area contributed by atoms with E-state index in [2.05, 4.69) is 174 Å². The Morgan fingerprint density at radius 3 is 0.814 bits per heavy atom. The first kappa shape index (κ1) is 96.9. The van der Waals surface area contributed by atoms with Gasteiger partial charge >= 0.3 is 39.5 Å². The summed E-state index contributed by atoms with van der Waals surface area (Å²) in [5.41, 5.74) is 0. The van der Waals surface area contributed by atoms with Crippen molar-refractivity contribution < 1.29 is 80.2 Å². The Morgan fingerprint density at radius 2 is 0.510 bits per heavy atom. The van der Waals surface area contributed by atoms with Gasteiger partial charge in [0.15, 0.2) is 12.2 Å². The van der Waals surface area contributed by atoms with Gasteiger partial charge in [0, 0.05) is 25.7 Å². The largest absolute Gasteiger partial charge is 0.472 e. The molecule has 0 fully saturated rings. The predicted molar refractivity (Wildman–Crippen MR) is 417 cm³/mol. The molecule has 3 N–H and O–H groups in total. The van der Waals surface area contributed by atoms with Gasteiger partial charge in [-0.3, -0.25) is 37.3 Å². The van der Waals surface area contributed by atoms with Gasteiger partial charge in [0.2, 0.25) is 0 Å². The van der Waals surface area contributed by atoms with Crippen LogP contribution in [0.25, 0.3) is 0 Å². The van der Waals surface area contributed by atoms with Crippen molar-refractivity contribution in [3.8, 4) is 0 Å². The molecule has 102 heavy (non-hydrogen) atoms. The standard InChI is InChI=1S/C83H138O17P2/c1-5-9-13-17-21-25-29-33-36-37-38-39-42-45-48-52-56-60-64-68-81(86)94-74-79(100-83(88)70-66-62-58-54-50-46-41-35-31-27-23-19-15-11-7-3)76-98-102(91,92)96-72-77(84)71-95-101(89,90)97-75-78(99-82(87)69-65-61-57-53-49-43-32-28-24-20-16-12-8-4)73-93-80(85)67-63-59-55-51-47-44-40-34-30-26-22-18-14-10-6-2/h9-11,13-15,21-23,25-28,32-36,38-41,50,54,77-79,84H,5-8,12,16-20,24,29-31,37,42-49,51-53,55-76H2,1-4H3,(H,89,90)(H,91,92)/b13-9-,14-10-,15-11-,25-21-,26-22-,27-23-,32-28-,36-33-,39-38-,40-34-,41-35-,54-50-. The fourth-order valence-corrected chi connectivity index (χ4v) is 11.5. The highest BCUT2D eigenvalue weighted by Crippen LogP contribution is 2.45. The SMILES string of the molecule is CC/C=C\C/C=C\C/C=C\C/C=C\CCCCCCCCC(=O)OCC(COP(=O)(O)OCC(O)COP(=O)(O)OCC(COC(=O)CCCCCCC/C=C\C/C=C\C/C=C\CC)OC(=O)CCCCCCC/C=C\CCCCCC)OC(=O)CCCC/C=C\C/C=C\C/C=C\C/C=C\CC. The van der Waals surface area contributed by atoms with E-state index in [1.165, 1.54) is 25.7 Å². The molecule has 0 aliphatic carbocycles. The molecule has 0 aliphatic heterocycles. The van der Waals surface area contributed by atoms with Crippen molar-refractivity contribution in [2.75, 3.05) is 39.6 Å². The average molecular weight is 1470 g/mol. The third kappa shape index (κ3) is 73.3. The second-order valence-corrected chi connectivity index (χ2v) is 28.4. The van der Waals surface area contributed by atoms with E-state index in [1.54, 1.807) is 0 Å². The van der Waals surface area contributed by atoms with Crippen LogP contribution in [0.5, 0.6) is 0 Å². The van der Waals surface area contributed by atoms with E-state index < -0.39 is 97.5 Å². The molecular formula is C83H138O17P2. The zero-order valence-electron chi connectivity index (χ0n) is 63.5. The summed E-state index contributed by atoms with van der Waals surface area (Å²) in [5, 5.41) is 10.6. The minimum absolute atomic E-state index is 0.0347. The zero-order valence-corrected chi connectivity index (χ0v) is 65.3. The molecule has 0 aromatic heterocycles. The van der Waals surface area contributed by atoms with Crippen LogP contribution >= 0.6 is 15.6 Å². The predicted octanol–water partition coefficient (Wildman–Crippen LogP) is 22.7. The number of unbranched alkanes of at least 4 members (excludes halogenated alkanes) is 22. The molecule has 0 aromatic rings. The summed E-state index contributed by atoms with van der Waals surface area (Å²) in [6, 6.07) is 0. The van der Waals surface area contributed by atoms with Gasteiger partial charge in [-0.2, -0.15) is 0 Å². The lowest BCUT2D eigenvalue weighted by Gasteiger charge is -2.21. The Bertz CT molecular complexity index is 2510. The quantitative estimate of drug-likeness (QED) is 0.0169. The van der Waals surface area contributed by atoms with E-state index in [4.69, 9.17) is 37.0 Å². The number of aliphatic hydroxyl groups is 1. The molecule has 19 heteroatoms. The van der Waals surface area contributed by atoms with Gasteiger partial charge in [0.1, 0.15) is 19.3 Å². The Balaban J connectivity index is 5.41. The maximum absolute atomic E-state index is 13.1. The minimum atomic E-state index is -5.00. The molecule has 0 amide bonds. The third-order valence-electron chi connectivity index (χ3n) is 15.8. The highest BCUT2D eigenvalue weighted by atomic mass is 31.2. The number of hydrogen-bond acceptors (Lipinski definition) is 15. The average Bonchev–Trinajstić information content (AvgIpc) is 0.924. The third-order valence-corrected chi connectivity index (χ3v) is 17.7. The van der Waals surface area contributed by atoms with E-state index in [-0.39, 0.29) is 25.7 Å². The smallest absolute Gasteiger partial charge is 0.462 e. The molecule has 0 saturated carbocycles. The first-order valence-corrected chi connectivity index (χ1v) is 42.1. The molecule has 0 aliphatic rings. The first-order chi connectivity index (χ1) is 49.7. The first-order valence-electron chi connectivity index (χ1n) is 39.1. The number of esters is 4. The van der Waals surface area contributed by atoms with Gasteiger partial charge in [0.05, 0.1) is 26.4 Å². The molecule has 0 rings (SSSR count). The Hall–Kier alpha value is -5.06. The number of hydrogen-bond donors (Lipinski definition) is 3. The number of carbonyl (C=O) groups excluding carboxylic acids is 4. The van der Waals surface area contributed by atoms with Crippen molar-refractivity contribution in [1.82, 2.24) is 0 Å². The van der Waals surface area contributed by atoms with Crippen LogP contribution in [-0.2, 0) is 65.4 Å². The number of phosphoric acid groups is 2. The fourth-order valence-electron chi connectivity index (χ4n) is 9.92. The Kier molecular flexibility index (Phi) is 70.5. The number of ether oxygens (including phenoxy) is 4. The summed E-state index contributed by atoms with van der Waals surface area (Å²) in [6.45, 7) is 4.42. The lowest BCUT2D eigenvalue weighted by molar-refractivity contribution is -0.161. The lowest BCUT2D eigenvalue weighted by Crippen LogP contribution is -2.30. The van der Waals surface area contributed by atoms with Crippen LogP contribution in [0.1, 0.15) is 297 Å². The molecular weight excluding hydrogens is 1330 g/mol. The molecule has 17 nitrogen and oxygen atoms in total. The molecule has 0 aromatic carbocycles. The van der Waals surface area contributed by atoms with Crippen LogP contribution in [0, 0.1) is 0 Å². The van der Waals surface area contributed by atoms with Crippen LogP contribution in [0.2, 0.25) is 0 Å². The second-order valence-electron chi connectivity index (χ2n) is 25.5. The van der Waals surface area contributed by atoms with E-state index in [1.807, 2.05) is 0 Å². The number of allylic oxidation sites excluding steroid dienone is 24. The summed E-state index contributed by atoms with van der Waals surface area (Å²) in [6.07, 6.45) is 84.1. The number of rotatable bonds is 72. The summed E-state index contributed by atoms with van der Waals surface area (Å²) < 4.78 is 68.5. The van der Waals surface area contributed by atoms with E-state index >= 15 is 0 Å².